The highest BCUT2D eigenvalue weighted by atomic mass is 19.1. The molecule has 0 spiro atoms. The minimum atomic E-state index is -0.241. The van der Waals surface area contributed by atoms with Crippen LogP contribution in [0.4, 0.5) is 4.39 Å². The van der Waals surface area contributed by atoms with Gasteiger partial charge >= 0.3 is 0 Å². The van der Waals surface area contributed by atoms with E-state index in [9.17, 15) is 4.39 Å². The van der Waals surface area contributed by atoms with Crippen molar-refractivity contribution in [2.75, 3.05) is 6.61 Å². The van der Waals surface area contributed by atoms with Gasteiger partial charge in [0, 0.05) is 0 Å². The molecular weight excluding hydrogens is 311 g/mol. The summed E-state index contributed by atoms with van der Waals surface area (Å²) >= 11 is 0. The van der Waals surface area contributed by atoms with Gasteiger partial charge in [-0.15, -0.1) is 0 Å². The van der Waals surface area contributed by atoms with Crippen LogP contribution in [-0.2, 0) is 0 Å². The molecule has 2 heteroatoms. The molecule has 1 aromatic carbocycles. The summed E-state index contributed by atoms with van der Waals surface area (Å²) in [6.07, 6.45) is 15.3. The van der Waals surface area contributed by atoms with Crippen LogP contribution in [0.15, 0.2) is 43.0 Å². The molecular formula is C23H31FO. The molecule has 2 saturated carbocycles. The lowest BCUT2D eigenvalue weighted by atomic mass is 9.64. The monoisotopic (exact) mass is 342 g/mol. The van der Waals surface area contributed by atoms with Crippen molar-refractivity contribution in [1.82, 2.24) is 0 Å². The first-order valence-electron chi connectivity index (χ1n) is 9.91. The Balaban J connectivity index is 1.61. The summed E-state index contributed by atoms with van der Waals surface area (Å²) < 4.78 is 19.6. The summed E-state index contributed by atoms with van der Waals surface area (Å²) in [6, 6.07) is 5.54. The van der Waals surface area contributed by atoms with Gasteiger partial charge in [-0.1, -0.05) is 37.8 Å². The van der Waals surface area contributed by atoms with Crippen molar-refractivity contribution in [2.45, 2.75) is 57.8 Å². The van der Waals surface area contributed by atoms with Crippen LogP contribution in [-0.4, -0.2) is 6.61 Å². The second kappa shape index (κ2) is 8.69. The molecule has 2 aliphatic carbocycles. The van der Waals surface area contributed by atoms with E-state index in [2.05, 4.69) is 31.7 Å². The Kier molecular flexibility index (Phi) is 6.34. The number of halogens is 1. The van der Waals surface area contributed by atoms with Crippen LogP contribution >= 0.6 is 0 Å². The minimum Gasteiger partial charge on any atom is -0.486 e. The summed E-state index contributed by atoms with van der Waals surface area (Å²) in [5.74, 6) is 3.08. The van der Waals surface area contributed by atoms with Crippen LogP contribution in [0.1, 0.15) is 63.4 Å². The average Bonchev–Trinajstić information content (AvgIpc) is 2.64. The molecule has 0 bridgehead atoms. The number of allylic oxidation sites excluding steroid dienone is 2. The maximum Gasteiger partial charge on any atom is 0.165 e. The fourth-order valence-corrected chi connectivity index (χ4v) is 4.77. The third-order valence-corrected chi connectivity index (χ3v) is 6.08. The van der Waals surface area contributed by atoms with Gasteiger partial charge in [-0.25, -0.2) is 4.39 Å². The highest BCUT2D eigenvalue weighted by Gasteiger charge is 2.35. The minimum absolute atomic E-state index is 0.241. The van der Waals surface area contributed by atoms with E-state index in [1.54, 1.807) is 18.2 Å². The highest BCUT2D eigenvalue weighted by Crippen LogP contribution is 2.48. The van der Waals surface area contributed by atoms with E-state index in [1.807, 2.05) is 0 Å². The van der Waals surface area contributed by atoms with Crippen LogP contribution in [0.25, 0.3) is 0 Å². The Morgan fingerprint density at radius 1 is 1.16 bits per heavy atom. The molecule has 0 N–H and O–H groups in total. The summed E-state index contributed by atoms with van der Waals surface area (Å²) in [5.41, 5.74) is 1.15. The lowest BCUT2D eigenvalue weighted by Gasteiger charge is -2.41. The number of ether oxygens (including phenoxy) is 1. The standard InChI is InChI=1S/C23H31FO/c1-3-5-6-17-7-8-19-15-20(10-9-18(19)14-17)21-11-12-23(22(24)16-21)25-13-4-2/h4-6,11-12,16-20H,2-3,7-10,13-15H2,1H3/b6-5+. The van der Waals surface area contributed by atoms with Gasteiger partial charge in [-0.3, -0.25) is 0 Å². The molecule has 0 amide bonds. The molecule has 25 heavy (non-hydrogen) atoms. The Bertz CT molecular complexity index is 606. The number of hydrogen-bond donors (Lipinski definition) is 0. The summed E-state index contributed by atoms with van der Waals surface area (Å²) in [7, 11) is 0. The first kappa shape index (κ1) is 18.2. The van der Waals surface area contributed by atoms with Gasteiger partial charge in [0.25, 0.3) is 0 Å². The van der Waals surface area contributed by atoms with Crippen molar-refractivity contribution in [3.05, 3.63) is 54.4 Å². The Labute approximate surface area is 152 Å². The molecule has 1 aromatic rings. The van der Waals surface area contributed by atoms with Crippen molar-refractivity contribution in [3.8, 4) is 5.75 Å². The summed E-state index contributed by atoms with van der Waals surface area (Å²) in [6.45, 7) is 6.16. The first-order valence-corrected chi connectivity index (χ1v) is 9.91. The second-order valence-electron chi connectivity index (χ2n) is 7.73. The van der Waals surface area contributed by atoms with Crippen LogP contribution in [0.2, 0.25) is 0 Å². The molecule has 0 aromatic heterocycles. The largest absolute Gasteiger partial charge is 0.486 e. The van der Waals surface area contributed by atoms with Gasteiger partial charge in [0.1, 0.15) is 6.61 Å². The molecule has 0 heterocycles. The molecule has 2 aliphatic rings. The van der Waals surface area contributed by atoms with Crippen molar-refractivity contribution in [3.63, 3.8) is 0 Å². The zero-order valence-electron chi connectivity index (χ0n) is 15.4. The number of hydrogen-bond acceptors (Lipinski definition) is 1. The van der Waals surface area contributed by atoms with Crippen LogP contribution in [0, 0.1) is 23.6 Å². The maximum absolute atomic E-state index is 14.3. The van der Waals surface area contributed by atoms with E-state index in [0.717, 1.165) is 29.7 Å². The van der Waals surface area contributed by atoms with E-state index in [1.165, 1.54) is 38.5 Å². The lowest BCUT2D eigenvalue weighted by Crippen LogP contribution is -2.30. The first-order chi connectivity index (χ1) is 12.2. The van der Waals surface area contributed by atoms with Gasteiger partial charge < -0.3 is 4.74 Å². The SMILES string of the molecule is C=CCOc1ccc(C2CCC3CC(/C=C/CC)CCC3C2)cc1F. The molecule has 0 aliphatic heterocycles. The molecule has 4 atom stereocenters. The quantitative estimate of drug-likeness (QED) is 0.525. The van der Waals surface area contributed by atoms with Gasteiger partial charge in [-0.2, -0.15) is 0 Å². The van der Waals surface area contributed by atoms with Crippen LogP contribution in [0.3, 0.4) is 0 Å². The Morgan fingerprint density at radius 2 is 1.96 bits per heavy atom. The average molecular weight is 342 g/mol. The van der Waals surface area contributed by atoms with E-state index >= 15 is 0 Å². The van der Waals surface area contributed by atoms with Gasteiger partial charge in [0.15, 0.2) is 11.6 Å². The van der Waals surface area contributed by atoms with Crippen molar-refractivity contribution in [2.24, 2.45) is 17.8 Å². The maximum atomic E-state index is 14.3. The number of benzene rings is 1. The fraction of sp³-hybridized carbons (Fsp3) is 0.565. The summed E-state index contributed by atoms with van der Waals surface area (Å²) in [4.78, 5) is 0. The molecule has 0 saturated heterocycles. The molecule has 0 radical (unpaired) electrons. The van der Waals surface area contributed by atoms with Gasteiger partial charge in [0.05, 0.1) is 0 Å². The van der Waals surface area contributed by atoms with Crippen molar-refractivity contribution >= 4 is 0 Å². The molecule has 136 valence electrons. The van der Waals surface area contributed by atoms with Crippen LogP contribution in [0.5, 0.6) is 5.75 Å². The zero-order valence-corrected chi connectivity index (χ0v) is 15.4. The molecule has 4 unspecified atom stereocenters. The molecule has 2 fully saturated rings. The normalized spacial score (nSPS) is 29.4. The molecule has 1 nitrogen and oxygen atoms in total. The fourth-order valence-electron chi connectivity index (χ4n) is 4.77. The third kappa shape index (κ3) is 4.54. The zero-order chi connectivity index (χ0) is 17.6. The van der Waals surface area contributed by atoms with E-state index in [-0.39, 0.29) is 5.82 Å². The lowest BCUT2D eigenvalue weighted by molar-refractivity contribution is 0.133. The number of fused-ring (bicyclic) bond motifs is 1. The third-order valence-electron chi connectivity index (χ3n) is 6.08. The predicted octanol–water partition coefficient (Wildman–Crippen LogP) is 6.66. The molecule has 3 rings (SSSR count). The number of rotatable bonds is 6. The van der Waals surface area contributed by atoms with Crippen molar-refractivity contribution < 1.29 is 9.13 Å². The van der Waals surface area contributed by atoms with Gasteiger partial charge in [0.2, 0.25) is 0 Å². The van der Waals surface area contributed by atoms with Crippen LogP contribution < -0.4 is 4.74 Å². The Hall–Kier alpha value is -1.57. The Morgan fingerprint density at radius 3 is 2.72 bits per heavy atom. The van der Waals surface area contributed by atoms with Gasteiger partial charge in [-0.05, 0) is 86.3 Å². The van der Waals surface area contributed by atoms with E-state index < -0.39 is 0 Å². The second-order valence-corrected chi connectivity index (χ2v) is 7.73. The predicted molar refractivity (Wildman–Crippen MR) is 102 cm³/mol. The topological polar surface area (TPSA) is 9.23 Å². The summed E-state index contributed by atoms with van der Waals surface area (Å²) in [5, 5.41) is 0. The van der Waals surface area contributed by atoms with E-state index in [4.69, 9.17) is 4.74 Å². The van der Waals surface area contributed by atoms with Crippen molar-refractivity contribution in [1.29, 1.82) is 0 Å². The highest BCUT2D eigenvalue weighted by molar-refractivity contribution is 5.32. The smallest absolute Gasteiger partial charge is 0.165 e. The van der Waals surface area contributed by atoms with E-state index in [0.29, 0.717) is 18.3 Å².